The Labute approximate surface area is 69.1 Å². The Hall–Kier alpha value is -0.980. The highest BCUT2D eigenvalue weighted by Crippen LogP contribution is 2.05. The van der Waals surface area contributed by atoms with Gasteiger partial charge in [-0.25, -0.2) is 0 Å². The second-order valence-corrected chi connectivity index (χ2v) is 2.06. The molecule has 0 bridgehead atoms. The highest BCUT2D eigenvalue weighted by molar-refractivity contribution is 5.51. The topological polar surface area (TPSA) is 15.8 Å². The molecule has 62 valence electrons. The molecule has 1 aromatic heterocycles. The normalized spacial score (nSPS) is 9.45. The van der Waals surface area contributed by atoms with Gasteiger partial charge in [-0.1, -0.05) is 26.0 Å². The molecule has 0 aromatic carbocycles. The number of H-pyrrole nitrogens is 1. The van der Waals surface area contributed by atoms with Crippen molar-refractivity contribution in [3.05, 3.63) is 29.6 Å². The Morgan fingerprint density at radius 1 is 1.36 bits per heavy atom. The number of rotatable bonds is 1. The third-order valence-corrected chi connectivity index (χ3v) is 1.34. The van der Waals surface area contributed by atoms with Crippen molar-refractivity contribution in [2.24, 2.45) is 0 Å². The number of hydrogen-bond donors (Lipinski definition) is 1. The summed E-state index contributed by atoms with van der Waals surface area (Å²) < 4.78 is 0. The van der Waals surface area contributed by atoms with E-state index < -0.39 is 0 Å². The van der Waals surface area contributed by atoms with Gasteiger partial charge >= 0.3 is 0 Å². The fraction of sp³-hybridized carbons (Fsp3) is 0.400. The number of aryl methyl sites for hydroxylation is 1. The van der Waals surface area contributed by atoms with Gasteiger partial charge in [0.05, 0.1) is 0 Å². The minimum absolute atomic E-state index is 1.23. The van der Waals surface area contributed by atoms with Gasteiger partial charge in [-0.15, -0.1) is 0 Å². The highest BCUT2D eigenvalue weighted by atomic mass is 14.7. The molecule has 1 heterocycles. The standard InChI is InChI=1S/C8H11N.C2H6/c1-3-4-8-5-6-9-7(8)2;1-2/h3-6,9H,1-2H3;1-2H3/b4-3-;. The maximum absolute atomic E-state index is 3.10. The molecular formula is C10H17N. The first kappa shape index (κ1) is 10.0. The van der Waals surface area contributed by atoms with Gasteiger partial charge in [-0.2, -0.15) is 0 Å². The molecule has 0 saturated heterocycles. The van der Waals surface area contributed by atoms with Gasteiger partial charge in [-0.05, 0) is 25.5 Å². The zero-order valence-electron chi connectivity index (χ0n) is 7.81. The third kappa shape index (κ3) is 3.08. The Bertz CT molecular complexity index is 208. The molecule has 1 aromatic rings. The number of hydrogen-bond acceptors (Lipinski definition) is 0. The van der Waals surface area contributed by atoms with E-state index in [-0.39, 0.29) is 0 Å². The molecule has 1 heteroatoms. The molecule has 0 aliphatic rings. The van der Waals surface area contributed by atoms with Crippen molar-refractivity contribution in [3.63, 3.8) is 0 Å². The number of aromatic amines is 1. The summed E-state index contributed by atoms with van der Waals surface area (Å²) in [4.78, 5) is 3.10. The third-order valence-electron chi connectivity index (χ3n) is 1.34. The monoisotopic (exact) mass is 151 g/mol. The van der Waals surface area contributed by atoms with Gasteiger partial charge in [0, 0.05) is 11.9 Å². The zero-order valence-corrected chi connectivity index (χ0v) is 7.81. The summed E-state index contributed by atoms with van der Waals surface area (Å²) >= 11 is 0. The molecule has 0 fully saturated rings. The molecule has 0 saturated carbocycles. The van der Waals surface area contributed by atoms with E-state index in [1.807, 2.05) is 33.0 Å². The number of allylic oxidation sites excluding steroid dienone is 1. The van der Waals surface area contributed by atoms with E-state index >= 15 is 0 Å². The van der Waals surface area contributed by atoms with E-state index in [9.17, 15) is 0 Å². The summed E-state index contributed by atoms with van der Waals surface area (Å²) in [7, 11) is 0. The molecule has 0 unspecified atom stereocenters. The van der Waals surface area contributed by atoms with E-state index in [2.05, 4.69) is 24.1 Å². The molecule has 11 heavy (non-hydrogen) atoms. The van der Waals surface area contributed by atoms with Gasteiger partial charge in [0.25, 0.3) is 0 Å². The minimum atomic E-state index is 1.23. The lowest BCUT2D eigenvalue weighted by Gasteiger charge is -1.85. The summed E-state index contributed by atoms with van der Waals surface area (Å²) in [5.41, 5.74) is 2.51. The lowest BCUT2D eigenvalue weighted by atomic mass is 10.2. The van der Waals surface area contributed by atoms with Crippen LogP contribution in [0, 0.1) is 6.92 Å². The molecule has 1 N–H and O–H groups in total. The van der Waals surface area contributed by atoms with Crippen LogP contribution >= 0.6 is 0 Å². The van der Waals surface area contributed by atoms with E-state index in [0.717, 1.165) is 0 Å². The predicted molar refractivity (Wildman–Crippen MR) is 51.6 cm³/mol. The Morgan fingerprint density at radius 3 is 2.36 bits per heavy atom. The van der Waals surface area contributed by atoms with Crippen LogP contribution in [0.4, 0.5) is 0 Å². The SMILES string of the molecule is C/C=C\c1cc[nH]c1C.CC. The van der Waals surface area contributed by atoms with E-state index in [1.54, 1.807) is 0 Å². The van der Waals surface area contributed by atoms with Crippen LogP contribution in [0.1, 0.15) is 32.0 Å². The summed E-state index contributed by atoms with van der Waals surface area (Å²) in [6, 6.07) is 2.06. The largest absolute Gasteiger partial charge is 0.365 e. The van der Waals surface area contributed by atoms with Crippen LogP contribution in [-0.2, 0) is 0 Å². The molecular weight excluding hydrogens is 134 g/mol. The number of nitrogens with one attached hydrogen (secondary N) is 1. The van der Waals surface area contributed by atoms with Gasteiger partial charge < -0.3 is 4.98 Å². The molecule has 0 aliphatic carbocycles. The van der Waals surface area contributed by atoms with Crippen molar-refractivity contribution in [1.82, 2.24) is 4.98 Å². The van der Waals surface area contributed by atoms with Crippen molar-refractivity contribution in [1.29, 1.82) is 0 Å². The van der Waals surface area contributed by atoms with E-state index in [4.69, 9.17) is 0 Å². The predicted octanol–water partition coefficient (Wildman–Crippen LogP) is 3.38. The zero-order chi connectivity index (χ0) is 8.69. The van der Waals surface area contributed by atoms with Crippen LogP contribution < -0.4 is 0 Å². The Morgan fingerprint density at radius 2 is 2.00 bits per heavy atom. The van der Waals surface area contributed by atoms with Crippen molar-refractivity contribution < 1.29 is 0 Å². The fourth-order valence-electron chi connectivity index (χ4n) is 0.825. The lowest BCUT2D eigenvalue weighted by molar-refractivity contribution is 1.26. The first-order valence-electron chi connectivity index (χ1n) is 4.11. The quantitative estimate of drug-likeness (QED) is 0.633. The van der Waals surface area contributed by atoms with Crippen molar-refractivity contribution in [2.45, 2.75) is 27.7 Å². The van der Waals surface area contributed by atoms with Crippen LogP contribution in [0.3, 0.4) is 0 Å². The summed E-state index contributed by atoms with van der Waals surface area (Å²) in [5.74, 6) is 0. The molecule has 1 rings (SSSR count). The average Bonchev–Trinajstić information content (AvgIpc) is 2.42. The second kappa shape index (κ2) is 5.78. The maximum Gasteiger partial charge on any atom is 0.0188 e. The van der Waals surface area contributed by atoms with Crippen LogP contribution in [0.25, 0.3) is 6.08 Å². The summed E-state index contributed by atoms with van der Waals surface area (Å²) in [6.07, 6.45) is 6.08. The van der Waals surface area contributed by atoms with Gasteiger partial charge in [-0.3, -0.25) is 0 Å². The first-order valence-corrected chi connectivity index (χ1v) is 4.11. The molecule has 0 radical (unpaired) electrons. The fourth-order valence-corrected chi connectivity index (χ4v) is 0.825. The molecule has 0 atom stereocenters. The van der Waals surface area contributed by atoms with Crippen LogP contribution in [0.2, 0.25) is 0 Å². The Kier molecular flexibility index (Phi) is 5.26. The van der Waals surface area contributed by atoms with Gasteiger partial charge in [0.1, 0.15) is 0 Å². The molecule has 0 spiro atoms. The van der Waals surface area contributed by atoms with Crippen LogP contribution in [0.5, 0.6) is 0 Å². The number of aromatic nitrogens is 1. The average molecular weight is 151 g/mol. The molecule has 0 aliphatic heterocycles. The van der Waals surface area contributed by atoms with Crippen molar-refractivity contribution in [3.8, 4) is 0 Å². The second-order valence-electron chi connectivity index (χ2n) is 2.06. The van der Waals surface area contributed by atoms with Gasteiger partial charge in [0.15, 0.2) is 0 Å². The van der Waals surface area contributed by atoms with Crippen molar-refractivity contribution in [2.75, 3.05) is 0 Å². The highest BCUT2D eigenvalue weighted by Gasteiger charge is 1.89. The van der Waals surface area contributed by atoms with E-state index in [0.29, 0.717) is 0 Å². The van der Waals surface area contributed by atoms with Crippen LogP contribution in [-0.4, -0.2) is 4.98 Å². The summed E-state index contributed by atoms with van der Waals surface area (Å²) in [6.45, 7) is 8.09. The van der Waals surface area contributed by atoms with Gasteiger partial charge in [0.2, 0.25) is 0 Å². The van der Waals surface area contributed by atoms with E-state index in [1.165, 1.54) is 11.3 Å². The smallest absolute Gasteiger partial charge is 0.0188 e. The lowest BCUT2D eigenvalue weighted by Crippen LogP contribution is -1.71. The van der Waals surface area contributed by atoms with Crippen molar-refractivity contribution >= 4 is 6.08 Å². The van der Waals surface area contributed by atoms with Crippen LogP contribution in [0.15, 0.2) is 18.3 Å². The Balaban J connectivity index is 0.000000461. The molecule has 0 amide bonds. The minimum Gasteiger partial charge on any atom is -0.365 e. The summed E-state index contributed by atoms with van der Waals surface area (Å²) in [5, 5.41) is 0. The maximum atomic E-state index is 3.10. The molecule has 1 nitrogen and oxygen atoms in total. The first-order chi connectivity index (χ1) is 5.34.